The van der Waals surface area contributed by atoms with Crippen LogP contribution in [-0.4, -0.2) is 33.9 Å². The Morgan fingerprint density at radius 1 is 1.33 bits per heavy atom. The van der Waals surface area contributed by atoms with Gasteiger partial charge in [-0.15, -0.1) is 0 Å². The Labute approximate surface area is 108 Å². The van der Waals surface area contributed by atoms with Gasteiger partial charge in [0.05, 0.1) is 17.3 Å². The normalized spacial score (nSPS) is 19.9. The monoisotopic (exact) mass is 269 g/mol. The highest BCUT2D eigenvalue weighted by Gasteiger charge is 2.15. The molecule has 2 rings (SSSR count). The van der Waals surface area contributed by atoms with Crippen LogP contribution in [0.25, 0.3) is 0 Å². The minimum Gasteiger partial charge on any atom is -0.385 e. The third kappa shape index (κ3) is 3.23. The zero-order valence-corrected chi connectivity index (χ0v) is 11.4. The molecule has 1 aromatic rings. The zero-order valence-electron chi connectivity index (χ0n) is 10.6. The Morgan fingerprint density at radius 3 is 2.61 bits per heavy atom. The van der Waals surface area contributed by atoms with E-state index in [9.17, 15) is 8.42 Å². The molecule has 1 saturated heterocycles. The molecule has 4 nitrogen and oxygen atoms in total. The van der Waals surface area contributed by atoms with E-state index in [4.69, 9.17) is 4.74 Å². The number of nitrogens with one attached hydrogen (secondary N) is 1. The maximum atomic E-state index is 11.6. The molecular formula is C13H19NO3S. The SMILES string of the molecule is CCS(=O)(=O)c1ccc(NCC2CCOC2)cc1. The highest BCUT2D eigenvalue weighted by Crippen LogP contribution is 2.17. The van der Waals surface area contributed by atoms with E-state index in [0.29, 0.717) is 10.8 Å². The lowest BCUT2D eigenvalue weighted by Crippen LogP contribution is -2.14. The Kier molecular flexibility index (Phi) is 4.24. The molecule has 18 heavy (non-hydrogen) atoms. The number of ether oxygens (including phenoxy) is 1. The van der Waals surface area contributed by atoms with Crippen molar-refractivity contribution < 1.29 is 13.2 Å². The van der Waals surface area contributed by atoms with Crippen molar-refractivity contribution in [3.8, 4) is 0 Å². The zero-order chi connectivity index (χ0) is 13.0. The molecule has 100 valence electrons. The van der Waals surface area contributed by atoms with Gasteiger partial charge in [-0.25, -0.2) is 8.42 Å². The van der Waals surface area contributed by atoms with Gasteiger partial charge in [0.15, 0.2) is 9.84 Å². The van der Waals surface area contributed by atoms with E-state index < -0.39 is 9.84 Å². The van der Waals surface area contributed by atoms with Crippen LogP contribution in [0.4, 0.5) is 5.69 Å². The summed E-state index contributed by atoms with van der Waals surface area (Å²) in [5, 5.41) is 3.31. The van der Waals surface area contributed by atoms with Gasteiger partial charge in [-0.05, 0) is 30.7 Å². The fraction of sp³-hybridized carbons (Fsp3) is 0.538. The fourth-order valence-electron chi connectivity index (χ4n) is 1.95. The lowest BCUT2D eigenvalue weighted by atomic mass is 10.1. The maximum absolute atomic E-state index is 11.6. The fourth-order valence-corrected chi connectivity index (χ4v) is 2.84. The van der Waals surface area contributed by atoms with Crippen LogP contribution in [0.2, 0.25) is 0 Å². The summed E-state index contributed by atoms with van der Waals surface area (Å²) in [6.07, 6.45) is 1.09. The average molecular weight is 269 g/mol. The Hall–Kier alpha value is -1.07. The summed E-state index contributed by atoms with van der Waals surface area (Å²) in [4.78, 5) is 0.389. The number of hydrogen-bond acceptors (Lipinski definition) is 4. The van der Waals surface area contributed by atoms with Crippen molar-refractivity contribution in [2.45, 2.75) is 18.2 Å². The maximum Gasteiger partial charge on any atom is 0.178 e. The molecular weight excluding hydrogens is 250 g/mol. The molecule has 1 aromatic carbocycles. The largest absolute Gasteiger partial charge is 0.385 e. The Bertz CT molecular complexity index is 475. The van der Waals surface area contributed by atoms with Crippen LogP contribution < -0.4 is 5.32 Å². The summed E-state index contributed by atoms with van der Waals surface area (Å²) in [6.45, 7) is 4.19. The molecule has 0 radical (unpaired) electrons. The molecule has 1 unspecified atom stereocenters. The van der Waals surface area contributed by atoms with Crippen molar-refractivity contribution in [1.82, 2.24) is 0 Å². The van der Waals surface area contributed by atoms with Crippen LogP contribution in [0.3, 0.4) is 0 Å². The van der Waals surface area contributed by atoms with E-state index in [1.807, 2.05) is 12.1 Å². The van der Waals surface area contributed by atoms with Crippen molar-refractivity contribution in [2.75, 3.05) is 30.8 Å². The molecule has 0 aromatic heterocycles. The molecule has 1 aliphatic rings. The van der Waals surface area contributed by atoms with Crippen LogP contribution in [0.15, 0.2) is 29.2 Å². The number of rotatable bonds is 5. The molecule has 1 fully saturated rings. The molecule has 0 aliphatic carbocycles. The van der Waals surface area contributed by atoms with E-state index in [0.717, 1.165) is 31.9 Å². The molecule has 1 atom stereocenters. The summed E-state index contributed by atoms with van der Waals surface area (Å²) in [7, 11) is -3.09. The molecule has 1 heterocycles. The van der Waals surface area contributed by atoms with Crippen LogP contribution in [0.1, 0.15) is 13.3 Å². The van der Waals surface area contributed by atoms with Gasteiger partial charge in [-0.2, -0.15) is 0 Å². The summed E-state index contributed by atoms with van der Waals surface area (Å²) in [5.74, 6) is 0.697. The van der Waals surface area contributed by atoms with Gasteiger partial charge in [0.25, 0.3) is 0 Å². The number of benzene rings is 1. The highest BCUT2D eigenvalue weighted by atomic mass is 32.2. The van der Waals surface area contributed by atoms with Crippen molar-refractivity contribution in [1.29, 1.82) is 0 Å². The van der Waals surface area contributed by atoms with E-state index in [1.54, 1.807) is 19.1 Å². The average Bonchev–Trinajstić information content (AvgIpc) is 2.90. The topological polar surface area (TPSA) is 55.4 Å². The third-order valence-electron chi connectivity index (χ3n) is 3.21. The van der Waals surface area contributed by atoms with E-state index in [2.05, 4.69) is 5.32 Å². The number of sulfone groups is 1. The second-order valence-corrected chi connectivity index (χ2v) is 6.82. The molecule has 1 N–H and O–H groups in total. The van der Waals surface area contributed by atoms with Crippen LogP contribution in [0, 0.1) is 5.92 Å². The quantitative estimate of drug-likeness (QED) is 0.887. The van der Waals surface area contributed by atoms with E-state index in [-0.39, 0.29) is 5.75 Å². The van der Waals surface area contributed by atoms with Gasteiger partial charge < -0.3 is 10.1 Å². The first-order chi connectivity index (χ1) is 8.62. The van der Waals surface area contributed by atoms with Gasteiger partial charge in [0.2, 0.25) is 0 Å². The number of hydrogen-bond donors (Lipinski definition) is 1. The first-order valence-corrected chi connectivity index (χ1v) is 7.91. The highest BCUT2D eigenvalue weighted by molar-refractivity contribution is 7.91. The second kappa shape index (κ2) is 5.71. The number of anilines is 1. The summed E-state index contributed by atoms with van der Waals surface area (Å²) >= 11 is 0. The summed E-state index contributed by atoms with van der Waals surface area (Å²) in [5.41, 5.74) is 0.956. The van der Waals surface area contributed by atoms with Gasteiger partial charge >= 0.3 is 0 Å². The molecule has 0 saturated carbocycles. The lowest BCUT2D eigenvalue weighted by Gasteiger charge is -2.11. The van der Waals surface area contributed by atoms with E-state index >= 15 is 0 Å². The van der Waals surface area contributed by atoms with Crippen molar-refractivity contribution in [3.05, 3.63) is 24.3 Å². The predicted octanol–water partition coefficient (Wildman–Crippen LogP) is 1.93. The Morgan fingerprint density at radius 2 is 2.06 bits per heavy atom. The standard InChI is InChI=1S/C13H19NO3S/c1-2-18(15,16)13-5-3-12(4-6-13)14-9-11-7-8-17-10-11/h3-6,11,14H,2,7-10H2,1H3. The van der Waals surface area contributed by atoms with Gasteiger partial charge in [-0.1, -0.05) is 6.92 Å². The molecule has 0 amide bonds. The molecule has 0 spiro atoms. The predicted molar refractivity (Wildman–Crippen MR) is 71.6 cm³/mol. The molecule has 1 aliphatic heterocycles. The summed E-state index contributed by atoms with van der Waals surface area (Å²) < 4.78 is 28.6. The van der Waals surface area contributed by atoms with Crippen LogP contribution in [0.5, 0.6) is 0 Å². The van der Waals surface area contributed by atoms with Gasteiger partial charge in [0.1, 0.15) is 0 Å². The smallest absolute Gasteiger partial charge is 0.178 e. The summed E-state index contributed by atoms with van der Waals surface area (Å²) in [6, 6.07) is 6.95. The Balaban J connectivity index is 1.95. The van der Waals surface area contributed by atoms with Gasteiger partial charge in [0, 0.05) is 24.8 Å². The molecule has 0 bridgehead atoms. The second-order valence-electron chi connectivity index (χ2n) is 4.54. The van der Waals surface area contributed by atoms with Crippen molar-refractivity contribution >= 4 is 15.5 Å². The lowest BCUT2D eigenvalue weighted by molar-refractivity contribution is 0.187. The molecule has 5 heteroatoms. The first kappa shape index (κ1) is 13.4. The van der Waals surface area contributed by atoms with Crippen molar-refractivity contribution in [2.24, 2.45) is 5.92 Å². The van der Waals surface area contributed by atoms with Crippen LogP contribution in [-0.2, 0) is 14.6 Å². The van der Waals surface area contributed by atoms with Crippen LogP contribution >= 0.6 is 0 Å². The van der Waals surface area contributed by atoms with Crippen molar-refractivity contribution in [3.63, 3.8) is 0 Å². The minimum absolute atomic E-state index is 0.138. The minimum atomic E-state index is -3.09. The van der Waals surface area contributed by atoms with Gasteiger partial charge in [-0.3, -0.25) is 0 Å². The third-order valence-corrected chi connectivity index (χ3v) is 4.96. The first-order valence-electron chi connectivity index (χ1n) is 6.26. The van der Waals surface area contributed by atoms with E-state index in [1.165, 1.54) is 0 Å².